The Morgan fingerprint density at radius 2 is 1.95 bits per heavy atom. The van der Waals surface area contributed by atoms with Crippen molar-refractivity contribution in [2.75, 3.05) is 0 Å². The Kier molecular flexibility index (Phi) is 3.78. The highest BCUT2D eigenvalue weighted by Crippen LogP contribution is 2.40. The van der Waals surface area contributed by atoms with Crippen LogP contribution in [0.5, 0.6) is 0 Å². The predicted octanol–water partition coefficient (Wildman–Crippen LogP) is 3.25. The molecule has 1 aliphatic heterocycles. The average molecular weight is 286 g/mol. The van der Waals surface area contributed by atoms with Gasteiger partial charge in [0.2, 0.25) is 5.91 Å². The zero-order chi connectivity index (χ0) is 15.1. The number of nitrogens with zero attached hydrogens (tertiary/aromatic N) is 1. The van der Waals surface area contributed by atoms with Crippen LogP contribution in [0.1, 0.15) is 50.9 Å². The van der Waals surface area contributed by atoms with Gasteiger partial charge in [-0.15, -0.1) is 0 Å². The first-order valence-electron chi connectivity index (χ1n) is 8.14. The van der Waals surface area contributed by atoms with E-state index in [4.69, 9.17) is 0 Å². The van der Waals surface area contributed by atoms with Crippen molar-refractivity contribution in [1.29, 1.82) is 0 Å². The van der Waals surface area contributed by atoms with E-state index in [1.54, 1.807) is 0 Å². The van der Waals surface area contributed by atoms with E-state index < -0.39 is 0 Å². The largest absolute Gasteiger partial charge is 0.318 e. The molecule has 0 spiro atoms. The number of hydrogen-bond acceptors (Lipinski definition) is 2. The van der Waals surface area contributed by atoms with E-state index in [-0.39, 0.29) is 18.1 Å². The normalized spacial score (nSPS) is 36.5. The van der Waals surface area contributed by atoms with Crippen LogP contribution in [0.2, 0.25) is 0 Å². The summed E-state index contributed by atoms with van der Waals surface area (Å²) in [5, 5.41) is 3.49. The number of carbonyl (C=O) groups excluding carboxylic acids is 1. The molecular weight excluding hydrogens is 260 g/mol. The maximum atomic E-state index is 12.7. The number of aryl methyl sites for hydroxylation is 1. The number of amides is 1. The molecule has 0 aromatic heterocycles. The third-order valence-electron chi connectivity index (χ3n) is 5.45. The van der Waals surface area contributed by atoms with Gasteiger partial charge in [-0.1, -0.05) is 43.7 Å². The molecule has 1 N–H and O–H groups in total. The lowest BCUT2D eigenvalue weighted by atomic mass is 9.96. The molecule has 1 heterocycles. The fourth-order valence-electron chi connectivity index (χ4n) is 3.92. The standard InChI is InChI=1S/C18H26N2O/c1-11-6-5-7-15(10-11)17-19-14(4)18(21)20(17)16-9-8-12(2)13(16)3/h5-7,10,12-14,16-17,19H,8-9H2,1-4H3. The first kappa shape index (κ1) is 14.6. The van der Waals surface area contributed by atoms with Crippen LogP contribution in [0.3, 0.4) is 0 Å². The summed E-state index contributed by atoms with van der Waals surface area (Å²) in [5.41, 5.74) is 2.45. The Morgan fingerprint density at radius 3 is 2.57 bits per heavy atom. The maximum Gasteiger partial charge on any atom is 0.241 e. The van der Waals surface area contributed by atoms with Crippen LogP contribution in [0, 0.1) is 18.8 Å². The lowest BCUT2D eigenvalue weighted by Gasteiger charge is -2.34. The van der Waals surface area contributed by atoms with Gasteiger partial charge in [0.25, 0.3) is 0 Å². The smallest absolute Gasteiger partial charge is 0.241 e. The molecule has 1 saturated carbocycles. The highest BCUT2D eigenvalue weighted by molar-refractivity contribution is 5.84. The number of benzene rings is 1. The Bertz CT molecular complexity index is 542. The highest BCUT2D eigenvalue weighted by atomic mass is 16.2. The molecule has 1 aromatic rings. The van der Waals surface area contributed by atoms with Crippen LogP contribution in [-0.2, 0) is 4.79 Å². The van der Waals surface area contributed by atoms with Gasteiger partial charge in [0.15, 0.2) is 0 Å². The zero-order valence-corrected chi connectivity index (χ0v) is 13.5. The van der Waals surface area contributed by atoms with Crippen LogP contribution in [-0.4, -0.2) is 22.9 Å². The molecular formula is C18H26N2O. The van der Waals surface area contributed by atoms with Crippen LogP contribution < -0.4 is 5.32 Å². The van der Waals surface area contributed by atoms with E-state index in [0.29, 0.717) is 17.9 Å². The maximum absolute atomic E-state index is 12.7. The molecule has 1 aromatic carbocycles. The molecule has 114 valence electrons. The van der Waals surface area contributed by atoms with Gasteiger partial charge >= 0.3 is 0 Å². The molecule has 21 heavy (non-hydrogen) atoms. The third-order valence-corrected chi connectivity index (χ3v) is 5.45. The highest BCUT2D eigenvalue weighted by Gasteiger charge is 2.45. The second-order valence-corrected chi connectivity index (χ2v) is 6.93. The fourth-order valence-corrected chi connectivity index (χ4v) is 3.92. The van der Waals surface area contributed by atoms with Gasteiger partial charge < -0.3 is 4.90 Å². The van der Waals surface area contributed by atoms with Crippen molar-refractivity contribution in [2.45, 2.75) is 58.8 Å². The lowest BCUT2D eigenvalue weighted by Crippen LogP contribution is -2.42. The van der Waals surface area contributed by atoms with Crippen molar-refractivity contribution in [2.24, 2.45) is 11.8 Å². The van der Waals surface area contributed by atoms with Crippen LogP contribution >= 0.6 is 0 Å². The molecule has 3 heteroatoms. The lowest BCUT2D eigenvalue weighted by molar-refractivity contribution is -0.132. The van der Waals surface area contributed by atoms with Gasteiger partial charge in [0, 0.05) is 6.04 Å². The van der Waals surface area contributed by atoms with E-state index in [2.05, 4.69) is 55.3 Å². The van der Waals surface area contributed by atoms with Gasteiger partial charge in [-0.2, -0.15) is 0 Å². The molecule has 0 radical (unpaired) electrons. The zero-order valence-electron chi connectivity index (χ0n) is 13.5. The topological polar surface area (TPSA) is 32.3 Å². The van der Waals surface area contributed by atoms with Gasteiger partial charge in [-0.05, 0) is 44.1 Å². The summed E-state index contributed by atoms with van der Waals surface area (Å²) in [6, 6.07) is 8.80. The van der Waals surface area contributed by atoms with Crippen molar-refractivity contribution in [3.8, 4) is 0 Å². The van der Waals surface area contributed by atoms with Gasteiger partial charge in [-0.3, -0.25) is 10.1 Å². The molecule has 2 aliphatic rings. The predicted molar refractivity (Wildman–Crippen MR) is 84.7 cm³/mol. The first-order valence-corrected chi connectivity index (χ1v) is 8.14. The van der Waals surface area contributed by atoms with Crippen LogP contribution in [0.4, 0.5) is 0 Å². The SMILES string of the molecule is Cc1cccc(C2NC(C)C(=O)N2C2CCC(C)C2C)c1. The summed E-state index contributed by atoms with van der Waals surface area (Å²) in [6.45, 7) is 8.69. The van der Waals surface area contributed by atoms with Crippen LogP contribution in [0.15, 0.2) is 24.3 Å². The average Bonchev–Trinajstić information content (AvgIpc) is 2.92. The summed E-state index contributed by atoms with van der Waals surface area (Å²) in [7, 11) is 0. The molecule has 1 saturated heterocycles. The fraction of sp³-hybridized carbons (Fsp3) is 0.611. The Hall–Kier alpha value is -1.35. The van der Waals surface area contributed by atoms with Gasteiger partial charge in [0.1, 0.15) is 6.17 Å². The monoisotopic (exact) mass is 286 g/mol. The van der Waals surface area contributed by atoms with Crippen molar-refractivity contribution in [1.82, 2.24) is 10.2 Å². The van der Waals surface area contributed by atoms with E-state index in [0.717, 1.165) is 6.42 Å². The van der Waals surface area contributed by atoms with E-state index >= 15 is 0 Å². The second kappa shape index (κ2) is 5.45. The van der Waals surface area contributed by atoms with Crippen LogP contribution in [0.25, 0.3) is 0 Å². The Labute approximate surface area is 127 Å². The first-order chi connectivity index (χ1) is 9.99. The van der Waals surface area contributed by atoms with E-state index in [1.165, 1.54) is 17.5 Å². The van der Waals surface area contributed by atoms with Crippen molar-refractivity contribution >= 4 is 5.91 Å². The number of carbonyl (C=O) groups is 1. The minimum Gasteiger partial charge on any atom is -0.318 e. The van der Waals surface area contributed by atoms with Gasteiger partial charge in [0.05, 0.1) is 6.04 Å². The number of rotatable bonds is 2. The van der Waals surface area contributed by atoms with Crippen molar-refractivity contribution in [3.63, 3.8) is 0 Å². The quantitative estimate of drug-likeness (QED) is 0.905. The summed E-state index contributed by atoms with van der Waals surface area (Å²) < 4.78 is 0. The second-order valence-electron chi connectivity index (χ2n) is 6.93. The molecule has 0 bridgehead atoms. The third kappa shape index (κ3) is 2.48. The minimum absolute atomic E-state index is 0.0325. The molecule has 2 fully saturated rings. The molecule has 3 rings (SSSR count). The summed E-state index contributed by atoms with van der Waals surface area (Å²) in [4.78, 5) is 14.8. The molecule has 1 aliphatic carbocycles. The van der Waals surface area contributed by atoms with Crippen molar-refractivity contribution in [3.05, 3.63) is 35.4 Å². The molecule has 1 amide bonds. The van der Waals surface area contributed by atoms with Crippen molar-refractivity contribution < 1.29 is 4.79 Å². The molecule has 3 nitrogen and oxygen atoms in total. The summed E-state index contributed by atoms with van der Waals surface area (Å²) in [5.74, 6) is 1.54. The van der Waals surface area contributed by atoms with E-state index in [1.807, 2.05) is 6.92 Å². The Balaban J connectivity index is 1.93. The minimum atomic E-state index is -0.0846. The summed E-state index contributed by atoms with van der Waals surface area (Å²) in [6.07, 6.45) is 2.39. The summed E-state index contributed by atoms with van der Waals surface area (Å²) >= 11 is 0. The molecule has 5 atom stereocenters. The number of nitrogens with one attached hydrogen (secondary N) is 1. The van der Waals surface area contributed by atoms with Gasteiger partial charge in [-0.25, -0.2) is 0 Å². The number of hydrogen-bond donors (Lipinski definition) is 1. The molecule has 5 unspecified atom stereocenters. The van der Waals surface area contributed by atoms with E-state index in [9.17, 15) is 4.79 Å². The Morgan fingerprint density at radius 1 is 1.19 bits per heavy atom.